The van der Waals surface area contributed by atoms with E-state index in [4.69, 9.17) is 16.3 Å². The van der Waals surface area contributed by atoms with E-state index in [2.05, 4.69) is 9.97 Å². The molecule has 0 radical (unpaired) electrons. The van der Waals surface area contributed by atoms with Crippen LogP contribution in [0.5, 0.6) is 5.75 Å². The minimum Gasteiger partial charge on any atom is -0.479 e. The predicted octanol–water partition coefficient (Wildman–Crippen LogP) is 2.34. The van der Waals surface area contributed by atoms with Crippen LogP contribution in [-0.2, 0) is 4.79 Å². The summed E-state index contributed by atoms with van der Waals surface area (Å²) in [6.07, 6.45) is -0.492. The van der Waals surface area contributed by atoms with Gasteiger partial charge in [-0.25, -0.2) is 9.97 Å². The van der Waals surface area contributed by atoms with E-state index in [0.29, 0.717) is 33.3 Å². The fourth-order valence-corrected chi connectivity index (χ4v) is 2.48. The maximum atomic E-state index is 11.9. The fourth-order valence-electron chi connectivity index (χ4n) is 2.21. The Balaban J connectivity index is 2.29. The number of hydrogen-bond donors (Lipinski definition) is 0. The largest absolute Gasteiger partial charge is 0.479 e. The number of benzene rings is 1. The van der Waals surface area contributed by atoms with Gasteiger partial charge >= 0.3 is 0 Å². The summed E-state index contributed by atoms with van der Waals surface area (Å²) in [5.41, 5.74) is 1.40. The summed E-state index contributed by atoms with van der Waals surface area (Å²) < 4.78 is 5.61. The van der Waals surface area contributed by atoms with Crippen LogP contribution >= 0.6 is 11.6 Å². The van der Waals surface area contributed by atoms with Crippen molar-refractivity contribution < 1.29 is 9.53 Å². The molecule has 0 bridgehead atoms. The highest BCUT2D eigenvalue weighted by molar-refractivity contribution is 6.34. The molecule has 0 fully saturated rings. The normalized spacial score (nSPS) is 18.4. The number of amides is 1. The van der Waals surface area contributed by atoms with Crippen molar-refractivity contribution in [3.8, 4) is 5.75 Å². The van der Waals surface area contributed by atoms with E-state index in [1.807, 2.05) is 0 Å². The van der Waals surface area contributed by atoms with Crippen LogP contribution in [0.1, 0.15) is 12.7 Å². The number of aryl methyl sites for hydroxylation is 1. The van der Waals surface area contributed by atoms with E-state index in [0.717, 1.165) is 0 Å². The van der Waals surface area contributed by atoms with Gasteiger partial charge in [0.05, 0.1) is 11.2 Å². The van der Waals surface area contributed by atoms with Crippen LogP contribution < -0.4 is 9.64 Å². The molecule has 2 aromatic rings. The Kier molecular flexibility index (Phi) is 2.60. The monoisotopic (exact) mass is 277 g/mol. The number of nitrogens with zero attached hydrogens (tertiary/aromatic N) is 3. The zero-order valence-electron chi connectivity index (χ0n) is 10.8. The van der Waals surface area contributed by atoms with Crippen molar-refractivity contribution in [3.05, 3.63) is 23.1 Å². The lowest BCUT2D eigenvalue weighted by Crippen LogP contribution is -2.41. The smallest absolute Gasteiger partial charge is 0.267 e. The van der Waals surface area contributed by atoms with Crippen molar-refractivity contribution in [2.75, 3.05) is 11.9 Å². The van der Waals surface area contributed by atoms with Gasteiger partial charge in [0, 0.05) is 18.5 Å². The number of rotatable bonds is 0. The van der Waals surface area contributed by atoms with Crippen LogP contribution in [0.2, 0.25) is 5.15 Å². The van der Waals surface area contributed by atoms with Gasteiger partial charge in [-0.2, -0.15) is 0 Å². The molecule has 1 aromatic carbocycles. The van der Waals surface area contributed by atoms with Gasteiger partial charge in [0.1, 0.15) is 16.7 Å². The number of halogens is 1. The summed E-state index contributed by atoms with van der Waals surface area (Å²) in [5, 5.41) is 1.09. The standard InChI is InChI=1S/C13H12ClN3O2/c1-6-13(18)17(3)10-4-8-9(5-11(10)19-6)15-7(2)16-12(8)14/h4-6H,1-3H3. The molecule has 0 saturated heterocycles. The minimum absolute atomic E-state index is 0.0870. The van der Waals surface area contributed by atoms with Crippen LogP contribution in [0.15, 0.2) is 12.1 Å². The van der Waals surface area contributed by atoms with Crippen molar-refractivity contribution >= 4 is 34.1 Å². The average molecular weight is 278 g/mol. The maximum absolute atomic E-state index is 11.9. The fraction of sp³-hybridized carbons (Fsp3) is 0.308. The van der Waals surface area contributed by atoms with E-state index in [1.165, 1.54) is 0 Å². The van der Waals surface area contributed by atoms with Gasteiger partial charge in [0.2, 0.25) is 0 Å². The Hall–Kier alpha value is -1.88. The molecular formula is C13H12ClN3O2. The molecule has 0 aliphatic carbocycles. The van der Waals surface area contributed by atoms with Gasteiger partial charge in [-0.15, -0.1) is 0 Å². The minimum atomic E-state index is -0.492. The number of carbonyl (C=O) groups excluding carboxylic acids is 1. The summed E-state index contributed by atoms with van der Waals surface area (Å²) in [6.45, 7) is 3.51. The molecule has 0 N–H and O–H groups in total. The first-order valence-electron chi connectivity index (χ1n) is 5.89. The lowest BCUT2D eigenvalue weighted by molar-refractivity contribution is -0.125. The van der Waals surface area contributed by atoms with E-state index < -0.39 is 6.10 Å². The highest BCUT2D eigenvalue weighted by Crippen LogP contribution is 2.37. The Bertz CT molecular complexity index is 702. The van der Waals surface area contributed by atoms with Crippen molar-refractivity contribution in [1.29, 1.82) is 0 Å². The molecule has 98 valence electrons. The lowest BCUT2D eigenvalue weighted by Gasteiger charge is -2.30. The first-order chi connectivity index (χ1) is 8.97. The molecule has 3 rings (SSSR count). The zero-order valence-corrected chi connectivity index (χ0v) is 11.5. The number of carbonyl (C=O) groups is 1. The molecule has 0 saturated carbocycles. The topological polar surface area (TPSA) is 55.3 Å². The van der Waals surface area contributed by atoms with E-state index in [1.54, 1.807) is 37.9 Å². The Morgan fingerprint density at radius 2 is 2.11 bits per heavy atom. The van der Waals surface area contributed by atoms with Crippen molar-refractivity contribution in [2.45, 2.75) is 20.0 Å². The average Bonchev–Trinajstić information content (AvgIpc) is 2.34. The van der Waals surface area contributed by atoms with Crippen molar-refractivity contribution in [2.24, 2.45) is 0 Å². The number of likely N-dealkylation sites (N-methyl/N-ethyl adjacent to an activating group) is 1. The molecular weight excluding hydrogens is 266 g/mol. The molecule has 1 aliphatic heterocycles. The molecule has 6 heteroatoms. The summed E-state index contributed by atoms with van der Waals surface area (Å²) >= 11 is 6.12. The molecule has 5 nitrogen and oxygen atoms in total. The quantitative estimate of drug-likeness (QED) is 0.694. The van der Waals surface area contributed by atoms with Gasteiger partial charge in [-0.05, 0) is 19.9 Å². The molecule has 1 unspecified atom stereocenters. The number of hydrogen-bond acceptors (Lipinski definition) is 4. The van der Waals surface area contributed by atoms with Crippen LogP contribution in [0.3, 0.4) is 0 Å². The molecule has 1 atom stereocenters. The number of ether oxygens (including phenoxy) is 1. The van der Waals surface area contributed by atoms with Gasteiger partial charge in [0.25, 0.3) is 5.91 Å². The summed E-state index contributed by atoms with van der Waals surface area (Å²) in [4.78, 5) is 21.9. The second-order valence-corrected chi connectivity index (χ2v) is 4.91. The number of fused-ring (bicyclic) bond motifs is 2. The molecule has 19 heavy (non-hydrogen) atoms. The van der Waals surface area contributed by atoms with E-state index in [-0.39, 0.29) is 5.91 Å². The second-order valence-electron chi connectivity index (χ2n) is 4.56. The predicted molar refractivity (Wildman–Crippen MR) is 72.8 cm³/mol. The van der Waals surface area contributed by atoms with Crippen molar-refractivity contribution in [3.63, 3.8) is 0 Å². The van der Waals surface area contributed by atoms with Crippen LogP contribution in [0.25, 0.3) is 10.9 Å². The highest BCUT2D eigenvalue weighted by atomic mass is 35.5. The maximum Gasteiger partial charge on any atom is 0.267 e. The van der Waals surface area contributed by atoms with Crippen LogP contribution in [-0.4, -0.2) is 29.0 Å². The van der Waals surface area contributed by atoms with Crippen LogP contribution in [0.4, 0.5) is 5.69 Å². The zero-order chi connectivity index (χ0) is 13.7. The van der Waals surface area contributed by atoms with Gasteiger partial charge in [-0.1, -0.05) is 11.6 Å². The molecule has 2 heterocycles. The summed E-state index contributed by atoms with van der Waals surface area (Å²) in [6, 6.07) is 3.58. The summed E-state index contributed by atoms with van der Waals surface area (Å²) in [7, 11) is 1.72. The SMILES string of the molecule is Cc1nc(Cl)c2cc3c(cc2n1)OC(C)C(=O)N3C. The Labute approximate surface area is 115 Å². The number of anilines is 1. The highest BCUT2D eigenvalue weighted by Gasteiger charge is 2.29. The third-order valence-corrected chi connectivity index (χ3v) is 3.47. The summed E-state index contributed by atoms with van der Waals surface area (Å²) in [5.74, 6) is 1.15. The Morgan fingerprint density at radius 3 is 2.84 bits per heavy atom. The lowest BCUT2D eigenvalue weighted by atomic mass is 10.1. The molecule has 0 spiro atoms. The van der Waals surface area contributed by atoms with E-state index in [9.17, 15) is 4.79 Å². The van der Waals surface area contributed by atoms with Gasteiger partial charge in [0.15, 0.2) is 6.10 Å². The third kappa shape index (κ3) is 1.81. The molecule has 1 aliphatic rings. The van der Waals surface area contributed by atoms with Gasteiger partial charge < -0.3 is 9.64 Å². The molecule has 1 amide bonds. The first-order valence-corrected chi connectivity index (χ1v) is 6.27. The Morgan fingerprint density at radius 1 is 1.37 bits per heavy atom. The van der Waals surface area contributed by atoms with Crippen LogP contribution in [0, 0.1) is 6.92 Å². The second kappa shape index (κ2) is 4.06. The van der Waals surface area contributed by atoms with Crippen molar-refractivity contribution in [1.82, 2.24) is 9.97 Å². The third-order valence-electron chi connectivity index (χ3n) is 3.19. The molecule has 1 aromatic heterocycles. The first kappa shape index (κ1) is 12.2. The van der Waals surface area contributed by atoms with Gasteiger partial charge in [-0.3, -0.25) is 4.79 Å². The van der Waals surface area contributed by atoms with E-state index >= 15 is 0 Å². The number of aromatic nitrogens is 2.